The van der Waals surface area contributed by atoms with E-state index in [1.165, 1.54) is 40.7 Å². The Morgan fingerprint density at radius 3 is 2.22 bits per heavy atom. The summed E-state index contributed by atoms with van der Waals surface area (Å²) < 4.78 is 68.7. The highest BCUT2D eigenvalue weighted by atomic mass is 32.2. The van der Waals surface area contributed by atoms with Gasteiger partial charge in [-0.2, -0.15) is 13.2 Å². The van der Waals surface area contributed by atoms with Crippen LogP contribution in [0.15, 0.2) is 108 Å². The molecule has 6 rings (SSSR count). The molecule has 4 aromatic rings. The molecule has 2 aliphatic rings. The summed E-state index contributed by atoms with van der Waals surface area (Å²) in [5.41, 5.74) is 2.20. The van der Waals surface area contributed by atoms with Crippen molar-refractivity contribution in [2.75, 3.05) is 10.8 Å². The van der Waals surface area contributed by atoms with Crippen LogP contribution in [-0.2, 0) is 32.8 Å². The van der Waals surface area contributed by atoms with E-state index < -0.39 is 27.8 Å². The molecule has 4 aromatic carbocycles. The van der Waals surface area contributed by atoms with E-state index >= 15 is 0 Å². The highest BCUT2D eigenvalue weighted by Gasteiger charge is 2.46. The third-order valence-electron chi connectivity index (χ3n) is 8.00. The van der Waals surface area contributed by atoms with E-state index in [1.807, 2.05) is 42.5 Å². The van der Waals surface area contributed by atoms with E-state index in [0.717, 1.165) is 36.1 Å². The highest BCUT2D eigenvalue weighted by Crippen LogP contribution is 2.47. The standard InChI is InChI=1S/C32H27F3N2O3S/c33-32(34,35)26-11-6-8-23(19-26)22-13-15-27(16-14-22)41(39,40)37-28-12-5-4-7-24(28)20-29(37)30(38)36-21-31(17-18-31)25-9-2-1-3-10-25/h1-16,19,29H,17-18,20-21H2,(H,36,38)/t29-/m0/s1. The molecule has 0 aromatic heterocycles. The van der Waals surface area contributed by atoms with Gasteiger partial charge in [-0.3, -0.25) is 9.10 Å². The van der Waals surface area contributed by atoms with Gasteiger partial charge in [0.15, 0.2) is 0 Å². The number of carbonyl (C=O) groups excluding carboxylic acids is 1. The van der Waals surface area contributed by atoms with E-state index in [9.17, 15) is 26.4 Å². The minimum absolute atomic E-state index is 0.0503. The average molecular weight is 577 g/mol. The van der Waals surface area contributed by atoms with E-state index in [4.69, 9.17) is 0 Å². The molecule has 1 heterocycles. The van der Waals surface area contributed by atoms with Gasteiger partial charge >= 0.3 is 6.18 Å². The fraction of sp³-hybridized carbons (Fsp3) is 0.219. The monoisotopic (exact) mass is 576 g/mol. The summed E-state index contributed by atoms with van der Waals surface area (Å²) in [6, 6.07) is 26.6. The lowest BCUT2D eigenvalue weighted by Gasteiger charge is -2.27. The van der Waals surface area contributed by atoms with Crippen LogP contribution < -0.4 is 9.62 Å². The molecule has 210 valence electrons. The Morgan fingerprint density at radius 2 is 1.54 bits per heavy atom. The van der Waals surface area contributed by atoms with Crippen LogP contribution in [0.4, 0.5) is 18.9 Å². The summed E-state index contributed by atoms with van der Waals surface area (Å²) >= 11 is 0. The minimum atomic E-state index is -4.49. The third-order valence-corrected chi connectivity index (χ3v) is 9.84. The molecule has 0 bridgehead atoms. The van der Waals surface area contributed by atoms with Crippen LogP contribution in [0.2, 0.25) is 0 Å². The number of alkyl halides is 3. The molecular formula is C32H27F3N2O3S. The third kappa shape index (κ3) is 5.10. The maximum Gasteiger partial charge on any atom is 0.416 e. The normalized spacial score (nSPS) is 17.6. The quantitative estimate of drug-likeness (QED) is 0.279. The zero-order chi connectivity index (χ0) is 28.8. The second kappa shape index (κ2) is 10.1. The number of benzene rings is 4. The van der Waals surface area contributed by atoms with Crippen molar-refractivity contribution < 1.29 is 26.4 Å². The van der Waals surface area contributed by atoms with Crippen molar-refractivity contribution >= 4 is 21.6 Å². The number of nitrogens with one attached hydrogen (secondary N) is 1. The molecule has 9 heteroatoms. The SMILES string of the molecule is O=C(NCC1(c2ccccc2)CC1)[C@@H]1Cc2ccccc2N1S(=O)(=O)c1ccc(-c2cccc(C(F)(F)F)c2)cc1. The van der Waals surface area contributed by atoms with Gasteiger partial charge in [0.2, 0.25) is 5.91 Å². The van der Waals surface area contributed by atoms with Gasteiger partial charge in [-0.15, -0.1) is 0 Å². The number of para-hydroxylation sites is 1. The van der Waals surface area contributed by atoms with Crippen molar-refractivity contribution in [1.29, 1.82) is 0 Å². The van der Waals surface area contributed by atoms with Crippen molar-refractivity contribution in [3.8, 4) is 11.1 Å². The molecule has 1 saturated carbocycles. The first kappa shape index (κ1) is 27.1. The van der Waals surface area contributed by atoms with Crippen molar-refractivity contribution in [3.63, 3.8) is 0 Å². The van der Waals surface area contributed by atoms with Crippen molar-refractivity contribution in [2.24, 2.45) is 0 Å². The molecular weight excluding hydrogens is 549 g/mol. The van der Waals surface area contributed by atoms with Crippen molar-refractivity contribution in [2.45, 2.75) is 41.8 Å². The molecule has 1 aliphatic carbocycles. The molecule has 0 radical (unpaired) electrons. The Morgan fingerprint density at radius 1 is 0.854 bits per heavy atom. The molecule has 1 fully saturated rings. The minimum Gasteiger partial charge on any atom is -0.353 e. The Bertz CT molecular complexity index is 1700. The number of fused-ring (bicyclic) bond motifs is 1. The smallest absolute Gasteiger partial charge is 0.353 e. The number of amides is 1. The molecule has 1 atom stereocenters. The van der Waals surface area contributed by atoms with Gasteiger partial charge in [0.1, 0.15) is 6.04 Å². The number of hydrogen-bond donors (Lipinski definition) is 1. The first-order chi connectivity index (χ1) is 19.6. The van der Waals surface area contributed by atoms with Crippen LogP contribution >= 0.6 is 0 Å². The fourth-order valence-corrected chi connectivity index (χ4v) is 7.20. The zero-order valence-electron chi connectivity index (χ0n) is 21.9. The Kier molecular flexibility index (Phi) is 6.65. The largest absolute Gasteiger partial charge is 0.416 e. The van der Waals surface area contributed by atoms with Gasteiger partial charge in [0.05, 0.1) is 16.1 Å². The van der Waals surface area contributed by atoms with E-state index in [1.54, 1.807) is 12.1 Å². The second-order valence-electron chi connectivity index (χ2n) is 10.6. The van der Waals surface area contributed by atoms with Crippen LogP contribution in [0.3, 0.4) is 0 Å². The summed E-state index contributed by atoms with van der Waals surface area (Å²) in [4.78, 5) is 13.5. The molecule has 1 aliphatic heterocycles. The number of anilines is 1. The maximum absolute atomic E-state index is 14.0. The van der Waals surface area contributed by atoms with E-state index in [-0.39, 0.29) is 22.6 Å². The van der Waals surface area contributed by atoms with Crippen molar-refractivity contribution in [3.05, 3.63) is 120 Å². The van der Waals surface area contributed by atoms with Crippen LogP contribution in [0.1, 0.15) is 29.5 Å². The summed E-state index contributed by atoms with van der Waals surface area (Å²) in [6.07, 6.45) is -2.36. The topological polar surface area (TPSA) is 66.5 Å². The molecule has 0 spiro atoms. The van der Waals surface area contributed by atoms with Crippen molar-refractivity contribution in [1.82, 2.24) is 5.32 Å². The number of sulfonamides is 1. The first-order valence-corrected chi connectivity index (χ1v) is 14.8. The number of rotatable bonds is 7. The molecule has 0 saturated heterocycles. The van der Waals surface area contributed by atoms with Gasteiger partial charge in [-0.1, -0.05) is 72.8 Å². The van der Waals surface area contributed by atoms with Crippen LogP contribution in [0.25, 0.3) is 11.1 Å². The van der Waals surface area contributed by atoms with Crippen LogP contribution in [0.5, 0.6) is 0 Å². The molecule has 1 N–H and O–H groups in total. The Balaban J connectivity index is 1.27. The summed E-state index contributed by atoms with van der Waals surface area (Å²) in [5.74, 6) is -0.368. The van der Waals surface area contributed by atoms with E-state index in [2.05, 4.69) is 5.32 Å². The Hall–Kier alpha value is -4.11. The average Bonchev–Trinajstić information content (AvgIpc) is 3.67. The van der Waals surface area contributed by atoms with Gasteiger partial charge in [-0.05, 0) is 65.4 Å². The summed E-state index contributed by atoms with van der Waals surface area (Å²) in [5, 5.41) is 3.03. The number of hydrogen-bond acceptors (Lipinski definition) is 3. The number of carbonyl (C=O) groups is 1. The molecule has 0 unspecified atom stereocenters. The fourth-order valence-electron chi connectivity index (χ4n) is 5.55. The number of nitrogens with zero attached hydrogens (tertiary/aromatic N) is 1. The Labute approximate surface area is 236 Å². The molecule has 5 nitrogen and oxygen atoms in total. The summed E-state index contributed by atoms with van der Waals surface area (Å²) in [7, 11) is -4.17. The van der Waals surface area contributed by atoms with Gasteiger partial charge in [0.25, 0.3) is 10.0 Å². The maximum atomic E-state index is 14.0. The van der Waals surface area contributed by atoms with Gasteiger partial charge in [-0.25, -0.2) is 8.42 Å². The zero-order valence-corrected chi connectivity index (χ0v) is 22.8. The van der Waals surface area contributed by atoms with E-state index in [0.29, 0.717) is 23.4 Å². The number of halogens is 3. The first-order valence-electron chi connectivity index (χ1n) is 13.3. The lowest BCUT2D eigenvalue weighted by Crippen LogP contribution is -2.49. The van der Waals surface area contributed by atoms with Crippen LogP contribution in [0, 0.1) is 0 Å². The van der Waals surface area contributed by atoms with Gasteiger partial charge in [0, 0.05) is 18.4 Å². The second-order valence-corrected chi connectivity index (χ2v) is 12.4. The lowest BCUT2D eigenvalue weighted by atomic mass is 9.96. The summed E-state index contributed by atoms with van der Waals surface area (Å²) in [6.45, 7) is 0.419. The predicted octanol–water partition coefficient (Wildman–Crippen LogP) is 6.34. The lowest BCUT2D eigenvalue weighted by molar-refractivity contribution is -0.137. The van der Waals surface area contributed by atoms with Gasteiger partial charge < -0.3 is 5.32 Å². The molecule has 41 heavy (non-hydrogen) atoms. The molecule has 1 amide bonds. The highest BCUT2D eigenvalue weighted by molar-refractivity contribution is 7.93. The predicted molar refractivity (Wildman–Crippen MR) is 151 cm³/mol. The van der Waals surface area contributed by atoms with Crippen LogP contribution in [-0.4, -0.2) is 26.9 Å².